The maximum absolute atomic E-state index is 12.4. The first kappa shape index (κ1) is 15.1. The fourth-order valence-corrected chi connectivity index (χ4v) is 2.41. The zero-order valence-corrected chi connectivity index (χ0v) is 10.4. The van der Waals surface area contributed by atoms with Gasteiger partial charge in [0, 0.05) is 13.1 Å². The maximum atomic E-state index is 12.4. The summed E-state index contributed by atoms with van der Waals surface area (Å²) in [6, 6.07) is 0. The van der Waals surface area contributed by atoms with Crippen LogP contribution in [0.4, 0.5) is 13.2 Å². The molecule has 18 heavy (non-hydrogen) atoms. The first-order valence-electron chi connectivity index (χ1n) is 5.44. The van der Waals surface area contributed by atoms with E-state index in [4.69, 9.17) is 5.11 Å². The van der Waals surface area contributed by atoms with Crippen LogP contribution in [0.1, 0.15) is 12.8 Å². The number of carbonyl (C=O) groups is 2. The largest absolute Gasteiger partial charge is 0.481 e. The smallest absolute Gasteiger partial charge is 0.391 e. The van der Waals surface area contributed by atoms with Crippen molar-refractivity contribution in [2.24, 2.45) is 5.92 Å². The summed E-state index contributed by atoms with van der Waals surface area (Å²) < 4.78 is 37.2. The van der Waals surface area contributed by atoms with Crippen molar-refractivity contribution in [2.45, 2.75) is 19.0 Å². The molecule has 0 radical (unpaired) electrons. The number of amides is 1. The summed E-state index contributed by atoms with van der Waals surface area (Å²) in [6.45, 7) is 0.188. The van der Waals surface area contributed by atoms with E-state index in [1.54, 1.807) is 0 Å². The van der Waals surface area contributed by atoms with E-state index in [1.165, 1.54) is 4.90 Å². The van der Waals surface area contributed by atoms with E-state index < -0.39 is 18.1 Å². The number of piperidine rings is 1. The van der Waals surface area contributed by atoms with Gasteiger partial charge in [0.2, 0.25) is 5.91 Å². The Balaban J connectivity index is 2.30. The van der Waals surface area contributed by atoms with E-state index in [0.717, 1.165) is 11.8 Å². The van der Waals surface area contributed by atoms with Crippen molar-refractivity contribution in [3.63, 3.8) is 0 Å². The Kier molecular flexibility index (Phi) is 5.30. The fourth-order valence-electron chi connectivity index (χ4n) is 1.77. The zero-order chi connectivity index (χ0) is 13.8. The van der Waals surface area contributed by atoms with E-state index >= 15 is 0 Å². The molecule has 8 heteroatoms. The molecular formula is C10H14F3NO3S. The standard InChI is InChI=1S/C10H14F3NO3S/c11-10(12,13)7-1-3-14(4-2-7)8(15)5-18-6-9(16)17/h7H,1-6H2,(H,16,17). The number of alkyl halides is 3. The summed E-state index contributed by atoms with van der Waals surface area (Å²) in [4.78, 5) is 23.2. The second-order valence-electron chi connectivity index (χ2n) is 4.08. The highest BCUT2D eigenvalue weighted by molar-refractivity contribution is 8.00. The van der Waals surface area contributed by atoms with Crippen molar-refractivity contribution < 1.29 is 27.9 Å². The minimum atomic E-state index is -4.19. The molecule has 1 aliphatic heterocycles. The summed E-state index contributed by atoms with van der Waals surface area (Å²) in [7, 11) is 0. The first-order valence-corrected chi connectivity index (χ1v) is 6.60. The normalized spacial score (nSPS) is 17.8. The second-order valence-corrected chi connectivity index (χ2v) is 5.07. The van der Waals surface area contributed by atoms with Crippen LogP contribution in [0.15, 0.2) is 0 Å². The van der Waals surface area contributed by atoms with Crippen LogP contribution in [-0.4, -0.2) is 52.7 Å². The van der Waals surface area contributed by atoms with Gasteiger partial charge in [-0.05, 0) is 12.8 Å². The van der Waals surface area contributed by atoms with Gasteiger partial charge < -0.3 is 10.0 Å². The Morgan fingerprint density at radius 2 is 1.78 bits per heavy atom. The zero-order valence-electron chi connectivity index (χ0n) is 9.57. The molecule has 4 nitrogen and oxygen atoms in total. The van der Waals surface area contributed by atoms with Gasteiger partial charge in [0.15, 0.2) is 0 Å². The van der Waals surface area contributed by atoms with Gasteiger partial charge in [0.05, 0.1) is 17.4 Å². The third-order valence-electron chi connectivity index (χ3n) is 2.76. The number of likely N-dealkylation sites (tertiary alicyclic amines) is 1. The predicted octanol–water partition coefficient (Wildman–Crippen LogP) is 1.61. The number of rotatable bonds is 4. The van der Waals surface area contributed by atoms with Gasteiger partial charge in [-0.1, -0.05) is 0 Å². The summed E-state index contributed by atoms with van der Waals surface area (Å²) in [5.41, 5.74) is 0. The second kappa shape index (κ2) is 6.31. The number of thioether (sulfide) groups is 1. The molecule has 0 atom stereocenters. The molecule has 1 N–H and O–H groups in total. The van der Waals surface area contributed by atoms with Gasteiger partial charge in [-0.3, -0.25) is 9.59 Å². The maximum Gasteiger partial charge on any atom is 0.391 e. The van der Waals surface area contributed by atoms with E-state index in [1.807, 2.05) is 0 Å². The van der Waals surface area contributed by atoms with Crippen LogP contribution in [0.5, 0.6) is 0 Å². The lowest BCUT2D eigenvalue weighted by atomic mass is 9.96. The molecular weight excluding hydrogens is 271 g/mol. The average molecular weight is 285 g/mol. The molecule has 1 amide bonds. The van der Waals surface area contributed by atoms with Crippen molar-refractivity contribution in [1.29, 1.82) is 0 Å². The highest BCUT2D eigenvalue weighted by atomic mass is 32.2. The van der Waals surface area contributed by atoms with Crippen molar-refractivity contribution >= 4 is 23.6 Å². The summed E-state index contributed by atoms with van der Waals surface area (Å²) >= 11 is 0.956. The van der Waals surface area contributed by atoms with E-state index in [9.17, 15) is 22.8 Å². The fraction of sp³-hybridized carbons (Fsp3) is 0.800. The van der Waals surface area contributed by atoms with Crippen LogP contribution in [0.25, 0.3) is 0 Å². The minimum Gasteiger partial charge on any atom is -0.481 e. The summed E-state index contributed by atoms with van der Waals surface area (Å²) in [6.07, 6.45) is -4.33. The van der Waals surface area contributed by atoms with Gasteiger partial charge in [-0.25, -0.2) is 0 Å². The van der Waals surface area contributed by atoms with Crippen LogP contribution in [-0.2, 0) is 9.59 Å². The number of halogens is 3. The number of aliphatic carboxylic acids is 1. The Labute approximate surface area is 107 Å². The molecule has 0 spiro atoms. The minimum absolute atomic E-state index is 0.00296. The lowest BCUT2D eigenvalue weighted by Gasteiger charge is -2.32. The highest BCUT2D eigenvalue weighted by Crippen LogP contribution is 2.34. The van der Waals surface area contributed by atoms with E-state index in [-0.39, 0.29) is 43.3 Å². The lowest BCUT2D eigenvalue weighted by molar-refractivity contribution is -0.186. The molecule has 1 fully saturated rings. The molecule has 0 saturated carbocycles. The summed E-state index contributed by atoms with van der Waals surface area (Å²) in [5.74, 6) is -2.80. The molecule has 0 bridgehead atoms. The molecule has 0 aromatic carbocycles. The van der Waals surface area contributed by atoms with Crippen LogP contribution in [0.2, 0.25) is 0 Å². The van der Waals surface area contributed by atoms with Gasteiger partial charge in [-0.15, -0.1) is 11.8 Å². The average Bonchev–Trinajstić information content (AvgIpc) is 2.27. The van der Waals surface area contributed by atoms with Crippen LogP contribution < -0.4 is 0 Å². The molecule has 0 aromatic heterocycles. The van der Waals surface area contributed by atoms with Crippen molar-refractivity contribution in [1.82, 2.24) is 4.90 Å². The third-order valence-corrected chi connectivity index (χ3v) is 3.66. The molecule has 0 aliphatic carbocycles. The van der Waals surface area contributed by atoms with Crippen molar-refractivity contribution in [3.8, 4) is 0 Å². The number of carbonyl (C=O) groups excluding carboxylic acids is 1. The quantitative estimate of drug-likeness (QED) is 0.852. The third kappa shape index (κ3) is 4.75. The predicted molar refractivity (Wildman–Crippen MR) is 60.3 cm³/mol. The molecule has 1 saturated heterocycles. The van der Waals surface area contributed by atoms with Gasteiger partial charge in [-0.2, -0.15) is 13.2 Å². The Morgan fingerprint density at radius 3 is 2.22 bits per heavy atom. The Hall–Kier alpha value is -0.920. The van der Waals surface area contributed by atoms with E-state index in [2.05, 4.69) is 0 Å². The molecule has 0 aromatic rings. The topological polar surface area (TPSA) is 57.6 Å². The van der Waals surface area contributed by atoms with E-state index in [0.29, 0.717) is 0 Å². The monoisotopic (exact) mass is 285 g/mol. The van der Waals surface area contributed by atoms with Crippen molar-refractivity contribution in [2.75, 3.05) is 24.6 Å². The van der Waals surface area contributed by atoms with Crippen LogP contribution in [0.3, 0.4) is 0 Å². The molecule has 1 heterocycles. The van der Waals surface area contributed by atoms with Crippen molar-refractivity contribution in [3.05, 3.63) is 0 Å². The molecule has 0 unspecified atom stereocenters. The van der Waals surface area contributed by atoms with Gasteiger partial charge in [0.25, 0.3) is 0 Å². The first-order chi connectivity index (χ1) is 8.30. The van der Waals surface area contributed by atoms with Gasteiger partial charge >= 0.3 is 12.1 Å². The number of nitrogens with zero attached hydrogens (tertiary/aromatic N) is 1. The molecule has 1 aliphatic rings. The number of hydrogen-bond donors (Lipinski definition) is 1. The summed E-state index contributed by atoms with van der Waals surface area (Å²) in [5, 5.41) is 8.39. The van der Waals surface area contributed by atoms with Crippen LogP contribution >= 0.6 is 11.8 Å². The molecule has 104 valence electrons. The number of carboxylic acids is 1. The Morgan fingerprint density at radius 1 is 1.22 bits per heavy atom. The van der Waals surface area contributed by atoms with Gasteiger partial charge in [0.1, 0.15) is 0 Å². The number of hydrogen-bond acceptors (Lipinski definition) is 3. The lowest BCUT2D eigenvalue weighted by Crippen LogP contribution is -2.42. The highest BCUT2D eigenvalue weighted by Gasteiger charge is 2.41. The van der Waals surface area contributed by atoms with Crippen LogP contribution in [0, 0.1) is 5.92 Å². The SMILES string of the molecule is O=C(O)CSCC(=O)N1CCC(C(F)(F)F)CC1. The number of carboxylic acid groups (broad SMARTS) is 1. The molecule has 1 rings (SSSR count). The Bertz CT molecular complexity index is 314.